The molecule has 2 heterocycles. The van der Waals surface area contributed by atoms with Gasteiger partial charge in [-0.3, -0.25) is 4.79 Å². The number of imidazole rings is 1. The van der Waals surface area contributed by atoms with Crippen molar-refractivity contribution >= 4 is 53.1 Å². The predicted octanol–water partition coefficient (Wildman–Crippen LogP) is 9.57. The number of aromatic nitrogens is 2. The molecule has 0 radical (unpaired) electrons. The number of rotatable bonds is 11. The zero-order chi connectivity index (χ0) is 37.4. The predicted molar refractivity (Wildman–Crippen MR) is 215 cm³/mol. The number of amides is 1. The van der Waals surface area contributed by atoms with Gasteiger partial charge in [-0.25, -0.2) is 14.0 Å². The molecule has 8 nitrogen and oxygen atoms in total. The molecule has 52 heavy (non-hydrogen) atoms. The van der Waals surface area contributed by atoms with Crippen LogP contribution in [0.1, 0.15) is 37.7 Å². The summed E-state index contributed by atoms with van der Waals surface area (Å²) in [5.74, 6) is 0.209. The number of anilines is 1. The molecule has 1 aromatic heterocycles. The molecular weight excluding hydrogens is 732 g/mol. The van der Waals surface area contributed by atoms with Gasteiger partial charge in [0.1, 0.15) is 19.1 Å². The van der Waals surface area contributed by atoms with Gasteiger partial charge in [-0.2, -0.15) is 8.42 Å². The average molecular weight is 776 g/mol. The third-order valence-corrected chi connectivity index (χ3v) is 12.8. The molecule has 0 saturated carbocycles. The van der Waals surface area contributed by atoms with E-state index in [0.29, 0.717) is 40.0 Å². The monoisotopic (exact) mass is 774 g/mol. The highest BCUT2D eigenvalue weighted by molar-refractivity contribution is 7.92. The maximum absolute atomic E-state index is 12.6. The number of nitrogens with one attached hydrogen (secondary N) is 1. The second-order valence-electron chi connectivity index (χ2n) is 15.4. The Morgan fingerprint density at radius 3 is 2.04 bits per heavy atom. The van der Waals surface area contributed by atoms with Crippen molar-refractivity contribution in [2.24, 2.45) is 0 Å². The second-order valence-corrected chi connectivity index (χ2v) is 23.5. The van der Waals surface area contributed by atoms with Gasteiger partial charge >= 0.3 is 10.2 Å². The number of carbonyl (C=O) groups excluding carboxylic acids is 1. The van der Waals surface area contributed by atoms with Crippen molar-refractivity contribution in [3.05, 3.63) is 118 Å². The van der Waals surface area contributed by atoms with Crippen LogP contribution >= 0.6 is 23.2 Å². The maximum Gasteiger partial charge on any atom is 0.326 e. The van der Waals surface area contributed by atoms with E-state index < -0.39 is 24.2 Å². The molecule has 1 aliphatic heterocycles. The van der Waals surface area contributed by atoms with Crippen LogP contribution in [0.25, 0.3) is 33.6 Å². The van der Waals surface area contributed by atoms with E-state index in [1.165, 1.54) is 5.56 Å². The van der Waals surface area contributed by atoms with Crippen LogP contribution in [0.2, 0.25) is 35.7 Å². The van der Waals surface area contributed by atoms with Crippen LogP contribution in [-0.4, -0.2) is 45.1 Å². The molecule has 1 amide bonds. The Morgan fingerprint density at radius 1 is 0.865 bits per heavy atom. The lowest BCUT2D eigenvalue weighted by molar-refractivity contribution is -0.117. The molecule has 1 N–H and O–H groups in total. The van der Waals surface area contributed by atoms with Gasteiger partial charge in [0.25, 0.3) is 5.91 Å². The Morgan fingerprint density at radius 2 is 1.48 bits per heavy atom. The van der Waals surface area contributed by atoms with Crippen molar-refractivity contribution in [1.82, 2.24) is 14.3 Å². The van der Waals surface area contributed by atoms with Crippen LogP contribution in [0.4, 0.5) is 5.69 Å². The summed E-state index contributed by atoms with van der Waals surface area (Å²) in [6.45, 7) is 14.2. The third kappa shape index (κ3) is 8.64. The molecule has 0 unspecified atom stereocenters. The number of carbonyl (C=O) groups is 1. The fourth-order valence-electron chi connectivity index (χ4n) is 6.09. The van der Waals surface area contributed by atoms with E-state index in [0.717, 1.165) is 44.1 Å². The molecule has 4 aromatic carbocycles. The van der Waals surface area contributed by atoms with Crippen molar-refractivity contribution in [1.29, 1.82) is 0 Å². The summed E-state index contributed by atoms with van der Waals surface area (Å²) in [6.07, 6.45) is 0.525. The first-order chi connectivity index (χ1) is 24.5. The average Bonchev–Trinajstić information content (AvgIpc) is 3.56. The molecule has 272 valence electrons. The Balaban J connectivity index is 1.41. The highest BCUT2D eigenvalue weighted by Gasteiger charge is 2.34. The largest absolute Gasteiger partial charge is 0.361 e. The number of nitrogens with zero attached hydrogens (tertiary/aromatic N) is 3. The van der Waals surface area contributed by atoms with E-state index in [-0.39, 0.29) is 18.7 Å². The molecule has 0 atom stereocenters. The van der Waals surface area contributed by atoms with Gasteiger partial charge in [0.05, 0.1) is 22.1 Å². The van der Waals surface area contributed by atoms with E-state index in [9.17, 15) is 13.2 Å². The molecule has 0 spiro atoms. The summed E-state index contributed by atoms with van der Waals surface area (Å²) in [5, 5.41) is 0.966. The minimum atomic E-state index is -3.95. The smallest absolute Gasteiger partial charge is 0.326 e. The number of halogens is 2. The van der Waals surface area contributed by atoms with E-state index in [4.69, 9.17) is 32.9 Å². The Hall–Kier alpha value is -3.93. The summed E-state index contributed by atoms with van der Waals surface area (Å²) < 4.78 is 36.7. The Kier molecular flexibility index (Phi) is 10.8. The molecule has 0 bridgehead atoms. The second kappa shape index (κ2) is 14.8. The Labute approximate surface area is 318 Å². The first kappa shape index (κ1) is 37.8. The van der Waals surface area contributed by atoms with Crippen molar-refractivity contribution in [3.63, 3.8) is 0 Å². The lowest BCUT2D eigenvalue weighted by Gasteiger charge is -2.19. The topological polar surface area (TPSA) is 93.5 Å². The fourth-order valence-corrected chi connectivity index (χ4v) is 8.50. The zero-order valence-corrected chi connectivity index (χ0v) is 33.7. The Bertz CT molecular complexity index is 2190. The van der Waals surface area contributed by atoms with Gasteiger partial charge in [-0.05, 0) is 64.0 Å². The fraction of sp³-hybridized carbons (Fsp3) is 0.300. The quantitative estimate of drug-likeness (QED) is 0.107. The lowest BCUT2D eigenvalue weighted by Crippen LogP contribution is -2.29. The highest BCUT2D eigenvalue weighted by Crippen LogP contribution is 2.39. The van der Waals surface area contributed by atoms with Gasteiger partial charge in [0.2, 0.25) is 0 Å². The molecule has 1 saturated heterocycles. The normalized spacial score (nSPS) is 14.5. The van der Waals surface area contributed by atoms with Crippen LogP contribution in [0, 0.1) is 0 Å². The summed E-state index contributed by atoms with van der Waals surface area (Å²) in [6, 6.07) is 30.7. The molecule has 12 heteroatoms. The summed E-state index contributed by atoms with van der Waals surface area (Å²) >= 11 is 13.1. The molecule has 6 rings (SSSR count). The lowest BCUT2D eigenvalue weighted by atomic mass is 9.86. The van der Waals surface area contributed by atoms with E-state index in [2.05, 4.69) is 93.5 Å². The number of benzene rings is 4. The van der Waals surface area contributed by atoms with Crippen LogP contribution < -0.4 is 9.03 Å². The molecule has 1 aliphatic rings. The first-order valence-corrected chi connectivity index (χ1v) is 23.1. The van der Waals surface area contributed by atoms with Gasteiger partial charge < -0.3 is 9.30 Å². The van der Waals surface area contributed by atoms with Crippen molar-refractivity contribution < 1.29 is 17.9 Å². The van der Waals surface area contributed by atoms with Crippen molar-refractivity contribution in [3.8, 4) is 33.6 Å². The molecular formula is C40H44Cl2N4O4SSi. The standard InChI is InChI=1S/C40H44Cl2N4O4SSi/c1-40(2,3)31-15-11-29(12-16-31)28-9-7-27(8-10-28)23-36-43-38(34-20-17-32(41)24-35(34)42)39(45(36)26-50-21-22-52(4,5)6)30-13-18-33(19-14-30)46-25-37(47)44-51(46,48)49/h7-20,24H,21-23,25-26H2,1-6H3,(H,44,47). The maximum atomic E-state index is 12.6. The third-order valence-electron chi connectivity index (χ3n) is 9.10. The molecule has 1 fully saturated rings. The first-order valence-electron chi connectivity index (χ1n) is 17.2. The summed E-state index contributed by atoms with van der Waals surface area (Å²) in [4.78, 5) is 17.2. The summed E-state index contributed by atoms with van der Waals surface area (Å²) in [7, 11) is -5.31. The van der Waals surface area contributed by atoms with Crippen LogP contribution in [0.15, 0.2) is 91.0 Å². The molecule has 5 aromatic rings. The summed E-state index contributed by atoms with van der Waals surface area (Å²) in [5.41, 5.74) is 8.03. The highest BCUT2D eigenvalue weighted by atomic mass is 35.5. The van der Waals surface area contributed by atoms with Gasteiger partial charge in [0, 0.05) is 37.3 Å². The number of hydrogen-bond acceptors (Lipinski definition) is 5. The van der Waals surface area contributed by atoms with Crippen LogP contribution in [-0.2, 0) is 38.3 Å². The SMILES string of the molecule is CC(C)(C)c1ccc(-c2ccc(Cc3nc(-c4ccc(Cl)cc4Cl)c(-c4ccc(N5CC(=O)NS5(=O)=O)cc4)n3COCC[Si](C)(C)C)cc2)cc1. The van der Waals surface area contributed by atoms with E-state index in [1.54, 1.807) is 24.3 Å². The number of ether oxygens (including phenoxy) is 1. The van der Waals surface area contributed by atoms with Gasteiger partial charge in [-0.1, -0.05) is 124 Å². The van der Waals surface area contributed by atoms with Crippen molar-refractivity contribution in [2.45, 2.75) is 65.0 Å². The van der Waals surface area contributed by atoms with Crippen molar-refractivity contribution in [2.75, 3.05) is 17.5 Å². The van der Waals surface area contributed by atoms with Gasteiger partial charge in [-0.15, -0.1) is 0 Å². The minimum absolute atomic E-state index is 0.0884. The van der Waals surface area contributed by atoms with Crippen LogP contribution in [0.3, 0.4) is 0 Å². The zero-order valence-electron chi connectivity index (χ0n) is 30.3. The minimum Gasteiger partial charge on any atom is -0.361 e. The molecule has 0 aliphatic carbocycles. The van der Waals surface area contributed by atoms with Gasteiger partial charge in [0.15, 0.2) is 0 Å². The van der Waals surface area contributed by atoms with E-state index in [1.807, 2.05) is 22.9 Å². The van der Waals surface area contributed by atoms with E-state index >= 15 is 0 Å². The number of hydrogen-bond donors (Lipinski definition) is 1. The van der Waals surface area contributed by atoms with Crippen LogP contribution in [0.5, 0.6) is 0 Å².